The van der Waals surface area contributed by atoms with Crippen molar-refractivity contribution in [1.29, 1.82) is 0 Å². The molecule has 1 rings (SSSR count). The Morgan fingerprint density at radius 1 is 1.60 bits per heavy atom. The number of aromatic nitrogens is 1. The van der Waals surface area contributed by atoms with Gasteiger partial charge in [0.05, 0.1) is 17.9 Å². The molecule has 15 heavy (non-hydrogen) atoms. The Morgan fingerprint density at radius 2 is 2.33 bits per heavy atom. The van der Waals surface area contributed by atoms with Crippen LogP contribution in [0.25, 0.3) is 0 Å². The van der Waals surface area contributed by atoms with Gasteiger partial charge in [-0.3, -0.25) is 9.78 Å². The second kappa shape index (κ2) is 5.31. The minimum atomic E-state index is -0.259. The van der Waals surface area contributed by atoms with Gasteiger partial charge in [-0.1, -0.05) is 0 Å². The Labute approximate surface area is 88.5 Å². The Balaban J connectivity index is 2.43. The number of hydrogen-bond acceptors (Lipinski definition) is 4. The lowest BCUT2D eigenvalue weighted by atomic mass is 10.3. The van der Waals surface area contributed by atoms with Gasteiger partial charge >= 0.3 is 0 Å². The number of aromatic hydroxyl groups is 1. The van der Waals surface area contributed by atoms with Gasteiger partial charge in [-0.25, -0.2) is 0 Å². The summed E-state index contributed by atoms with van der Waals surface area (Å²) in [6.45, 7) is 2.27. The van der Waals surface area contributed by atoms with E-state index in [1.165, 1.54) is 6.20 Å². The first-order valence-electron chi connectivity index (χ1n) is 4.72. The first kappa shape index (κ1) is 11.5. The third kappa shape index (κ3) is 3.55. The molecule has 3 N–H and O–H groups in total. The van der Waals surface area contributed by atoms with E-state index >= 15 is 0 Å². The lowest BCUT2D eigenvalue weighted by molar-refractivity contribution is -0.122. The van der Waals surface area contributed by atoms with Crippen LogP contribution in [0.2, 0.25) is 0 Å². The molecule has 1 atom stereocenters. The molecule has 82 valence electrons. The van der Waals surface area contributed by atoms with Crippen LogP contribution in [0.15, 0.2) is 18.3 Å². The Kier molecular flexibility index (Phi) is 4.05. The van der Waals surface area contributed by atoms with Crippen LogP contribution in [0.5, 0.6) is 5.75 Å². The number of rotatable bonds is 4. The molecule has 1 heterocycles. The standard InChI is InChI=1S/C10H15N3O2/c1-7(10(15)11-2)12-5-8-3-4-9(14)6-13-8/h3-4,6-7,12,14H,5H2,1-2H3,(H,11,15). The number of nitrogens with zero attached hydrogens (tertiary/aromatic N) is 1. The SMILES string of the molecule is CNC(=O)C(C)NCc1ccc(O)cn1. The lowest BCUT2D eigenvalue weighted by Gasteiger charge is -2.11. The average Bonchev–Trinajstić information content (AvgIpc) is 2.26. The van der Waals surface area contributed by atoms with Gasteiger partial charge in [0.2, 0.25) is 5.91 Å². The lowest BCUT2D eigenvalue weighted by Crippen LogP contribution is -2.40. The maximum atomic E-state index is 11.2. The van der Waals surface area contributed by atoms with Gasteiger partial charge in [-0.15, -0.1) is 0 Å². The van der Waals surface area contributed by atoms with Crippen LogP contribution in [0.1, 0.15) is 12.6 Å². The first-order valence-corrected chi connectivity index (χ1v) is 4.72. The van der Waals surface area contributed by atoms with Gasteiger partial charge in [-0.05, 0) is 19.1 Å². The summed E-state index contributed by atoms with van der Waals surface area (Å²) < 4.78 is 0. The number of likely N-dealkylation sites (N-methyl/N-ethyl adjacent to an activating group) is 1. The molecule has 0 bridgehead atoms. The van der Waals surface area contributed by atoms with Crippen molar-refractivity contribution in [1.82, 2.24) is 15.6 Å². The molecule has 5 nitrogen and oxygen atoms in total. The second-order valence-electron chi connectivity index (χ2n) is 3.22. The van der Waals surface area contributed by atoms with Crippen LogP contribution >= 0.6 is 0 Å². The molecule has 0 saturated carbocycles. The first-order chi connectivity index (χ1) is 7.13. The van der Waals surface area contributed by atoms with Gasteiger partial charge in [-0.2, -0.15) is 0 Å². The van der Waals surface area contributed by atoms with Crippen molar-refractivity contribution in [3.8, 4) is 5.75 Å². The molecule has 1 aromatic heterocycles. The predicted octanol–water partition coefficient (Wildman–Crippen LogP) is 0.0113. The van der Waals surface area contributed by atoms with Crippen LogP contribution in [0, 0.1) is 0 Å². The second-order valence-corrected chi connectivity index (χ2v) is 3.22. The summed E-state index contributed by atoms with van der Waals surface area (Å²) >= 11 is 0. The molecule has 0 aliphatic rings. The van der Waals surface area contributed by atoms with E-state index in [4.69, 9.17) is 5.11 Å². The molecular weight excluding hydrogens is 194 g/mol. The number of pyridine rings is 1. The molecule has 0 radical (unpaired) electrons. The minimum Gasteiger partial charge on any atom is -0.506 e. The van der Waals surface area contributed by atoms with Crippen LogP contribution < -0.4 is 10.6 Å². The minimum absolute atomic E-state index is 0.0613. The Morgan fingerprint density at radius 3 is 2.87 bits per heavy atom. The molecule has 0 fully saturated rings. The third-order valence-electron chi connectivity index (χ3n) is 2.04. The molecule has 0 aromatic carbocycles. The van der Waals surface area contributed by atoms with Crippen molar-refractivity contribution in [2.24, 2.45) is 0 Å². The van der Waals surface area contributed by atoms with E-state index in [1.807, 2.05) is 0 Å². The topological polar surface area (TPSA) is 74.2 Å². The van der Waals surface area contributed by atoms with E-state index in [9.17, 15) is 4.79 Å². The van der Waals surface area contributed by atoms with E-state index in [-0.39, 0.29) is 17.7 Å². The summed E-state index contributed by atoms with van der Waals surface area (Å²) in [6.07, 6.45) is 1.38. The summed E-state index contributed by atoms with van der Waals surface area (Å²) in [6, 6.07) is 3.01. The number of hydrogen-bond donors (Lipinski definition) is 3. The normalized spacial score (nSPS) is 12.1. The van der Waals surface area contributed by atoms with Crippen molar-refractivity contribution < 1.29 is 9.90 Å². The largest absolute Gasteiger partial charge is 0.506 e. The monoisotopic (exact) mass is 209 g/mol. The van der Waals surface area contributed by atoms with Crippen molar-refractivity contribution in [3.63, 3.8) is 0 Å². The van der Waals surface area contributed by atoms with E-state index < -0.39 is 0 Å². The van der Waals surface area contributed by atoms with Gasteiger partial charge in [0.1, 0.15) is 5.75 Å². The quantitative estimate of drug-likeness (QED) is 0.653. The number of carbonyl (C=O) groups is 1. The molecule has 0 aliphatic heterocycles. The highest BCUT2D eigenvalue weighted by Crippen LogP contribution is 2.05. The van der Waals surface area contributed by atoms with Crippen molar-refractivity contribution >= 4 is 5.91 Å². The molecule has 0 spiro atoms. The van der Waals surface area contributed by atoms with Crippen LogP contribution in [0.4, 0.5) is 0 Å². The zero-order chi connectivity index (χ0) is 11.3. The molecule has 0 saturated heterocycles. The van der Waals surface area contributed by atoms with Crippen LogP contribution in [-0.2, 0) is 11.3 Å². The van der Waals surface area contributed by atoms with E-state index in [0.717, 1.165) is 5.69 Å². The summed E-state index contributed by atoms with van der Waals surface area (Å²) in [5, 5.41) is 14.6. The molecule has 1 amide bonds. The van der Waals surface area contributed by atoms with Gasteiger partial charge in [0.25, 0.3) is 0 Å². The fourth-order valence-corrected chi connectivity index (χ4v) is 1.09. The average molecular weight is 209 g/mol. The zero-order valence-corrected chi connectivity index (χ0v) is 8.82. The summed E-state index contributed by atoms with van der Waals surface area (Å²) in [5.41, 5.74) is 0.781. The molecule has 5 heteroatoms. The Bertz CT molecular complexity index is 324. The van der Waals surface area contributed by atoms with E-state index in [0.29, 0.717) is 6.54 Å². The van der Waals surface area contributed by atoms with Crippen molar-refractivity contribution in [2.75, 3.05) is 7.05 Å². The van der Waals surface area contributed by atoms with Crippen LogP contribution in [-0.4, -0.2) is 29.1 Å². The highest BCUT2D eigenvalue weighted by atomic mass is 16.3. The van der Waals surface area contributed by atoms with E-state index in [2.05, 4.69) is 15.6 Å². The third-order valence-corrected chi connectivity index (χ3v) is 2.04. The fraction of sp³-hybridized carbons (Fsp3) is 0.400. The number of carbonyl (C=O) groups excluding carboxylic acids is 1. The van der Waals surface area contributed by atoms with Crippen LogP contribution in [0.3, 0.4) is 0 Å². The molecule has 0 aliphatic carbocycles. The summed E-state index contributed by atoms with van der Waals surface area (Å²) in [5.74, 6) is 0.0758. The predicted molar refractivity (Wildman–Crippen MR) is 56.3 cm³/mol. The zero-order valence-electron chi connectivity index (χ0n) is 8.82. The number of nitrogens with one attached hydrogen (secondary N) is 2. The smallest absolute Gasteiger partial charge is 0.236 e. The summed E-state index contributed by atoms with van der Waals surface area (Å²) in [7, 11) is 1.60. The fourth-order valence-electron chi connectivity index (χ4n) is 1.09. The van der Waals surface area contributed by atoms with Gasteiger partial charge in [0.15, 0.2) is 0 Å². The van der Waals surface area contributed by atoms with E-state index in [1.54, 1.807) is 26.1 Å². The van der Waals surface area contributed by atoms with Crippen molar-refractivity contribution in [3.05, 3.63) is 24.0 Å². The molecular formula is C10H15N3O2. The highest BCUT2D eigenvalue weighted by molar-refractivity contribution is 5.80. The van der Waals surface area contributed by atoms with Gasteiger partial charge < -0.3 is 15.7 Å². The summed E-state index contributed by atoms with van der Waals surface area (Å²) in [4.78, 5) is 15.1. The molecule has 1 unspecified atom stereocenters. The number of amides is 1. The molecule has 1 aromatic rings. The van der Waals surface area contributed by atoms with Gasteiger partial charge in [0, 0.05) is 13.6 Å². The maximum absolute atomic E-state index is 11.2. The maximum Gasteiger partial charge on any atom is 0.236 e. The Hall–Kier alpha value is -1.62. The highest BCUT2D eigenvalue weighted by Gasteiger charge is 2.09. The van der Waals surface area contributed by atoms with Crippen molar-refractivity contribution in [2.45, 2.75) is 19.5 Å².